The quantitative estimate of drug-likeness (QED) is 0.298. The number of hydrogen-bond donors (Lipinski definition) is 0. The molecule has 0 saturated carbocycles. The van der Waals surface area contributed by atoms with E-state index in [2.05, 4.69) is 20.3 Å². The van der Waals surface area contributed by atoms with Crippen molar-refractivity contribution in [1.29, 1.82) is 0 Å². The predicted molar refractivity (Wildman–Crippen MR) is 100 cm³/mol. The molecule has 0 saturated heterocycles. The van der Waals surface area contributed by atoms with Crippen molar-refractivity contribution in [3.63, 3.8) is 0 Å². The Kier molecular flexibility index (Phi) is 4.70. The summed E-state index contributed by atoms with van der Waals surface area (Å²) in [6.45, 7) is 0.585. The van der Waals surface area contributed by atoms with E-state index in [1.165, 1.54) is 18.1 Å². The minimum absolute atomic E-state index is 0.0547. The molecule has 128 valence electrons. The van der Waals surface area contributed by atoms with Crippen LogP contribution in [0.15, 0.2) is 72.0 Å². The summed E-state index contributed by atoms with van der Waals surface area (Å²) in [5.74, 6) is 0.348. The molecule has 6 nitrogen and oxygen atoms in total. The van der Waals surface area contributed by atoms with Gasteiger partial charge >= 0.3 is 0 Å². The molecule has 2 aromatic heterocycles. The van der Waals surface area contributed by atoms with Gasteiger partial charge in [-0.25, -0.2) is 14.6 Å². The molecular weight excluding hydrogens is 346 g/mol. The van der Waals surface area contributed by atoms with Gasteiger partial charge in [-0.2, -0.15) is 0 Å². The smallest absolute Gasteiger partial charge is 0.183 e. The molecule has 0 aliphatic rings. The summed E-state index contributed by atoms with van der Waals surface area (Å²) in [5, 5.41) is 9.09. The van der Waals surface area contributed by atoms with Crippen molar-refractivity contribution >= 4 is 28.7 Å². The molecule has 7 heteroatoms. The summed E-state index contributed by atoms with van der Waals surface area (Å²) in [4.78, 5) is 20.9. The highest BCUT2D eigenvalue weighted by Gasteiger charge is 2.14. The number of carbonyl (C=O) groups is 1. The molecule has 0 bridgehead atoms. The standard InChI is InChI=1S/C19H15N5OS/c25-16(15-9-5-2-6-10-15)12-26-19-17-18(20-13-21-19)24(23-22-17)11-14-7-3-1-4-8-14/h1-10,13H,11-12H2. The number of nitrogens with zero attached hydrogens (tertiary/aromatic N) is 5. The molecule has 0 spiro atoms. The normalized spacial score (nSPS) is 10.9. The van der Waals surface area contributed by atoms with Crippen LogP contribution < -0.4 is 0 Å². The zero-order chi connectivity index (χ0) is 17.8. The van der Waals surface area contributed by atoms with E-state index in [-0.39, 0.29) is 5.78 Å². The third-order valence-electron chi connectivity index (χ3n) is 3.88. The van der Waals surface area contributed by atoms with Crippen LogP contribution in [0.25, 0.3) is 11.2 Å². The number of fused-ring (bicyclic) bond motifs is 1. The first-order valence-corrected chi connectivity index (χ1v) is 9.09. The summed E-state index contributed by atoms with van der Waals surface area (Å²) in [6.07, 6.45) is 1.49. The van der Waals surface area contributed by atoms with Crippen LogP contribution in [0.2, 0.25) is 0 Å². The number of thioether (sulfide) groups is 1. The topological polar surface area (TPSA) is 73.6 Å². The van der Waals surface area contributed by atoms with Gasteiger partial charge in [0.2, 0.25) is 0 Å². The van der Waals surface area contributed by atoms with Crippen LogP contribution in [0.1, 0.15) is 15.9 Å². The lowest BCUT2D eigenvalue weighted by atomic mass is 10.2. The molecule has 0 unspecified atom stereocenters. The Balaban J connectivity index is 1.54. The van der Waals surface area contributed by atoms with Crippen molar-refractivity contribution in [2.75, 3.05) is 5.75 Å². The summed E-state index contributed by atoms with van der Waals surface area (Å²) >= 11 is 1.36. The van der Waals surface area contributed by atoms with Gasteiger partial charge in [-0.1, -0.05) is 77.6 Å². The van der Waals surface area contributed by atoms with Crippen molar-refractivity contribution < 1.29 is 4.79 Å². The fourth-order valence-electron chi connectivity index (χ4n) is 2.58. The van der Waals surface area contributed by atoms with E-state index in [1.54, 1.807) is 4.68 Å². The van der Waals surface area contributed by atoms with Gasteiger partial charge in [-0.15, -0.1) is 5.10 Å². The van der Waals surface area contributed by atoms with Crippen LogP contribution in [-0.4, -0.2) is 36.5 Å². The van der Waals surface area contributed by atoms with Gasteiger partial charge in [-0.05, 0) is 5.56 Å². The van der Waals surface area contributed by atoms with E-state index in [1.807, 2.05) is 60.7 Å². The summed E-state index contributed by atoms with van der Waals surface area (Å²) in [5.41, 5.74) is 3.09. The Labute approximate surface area is 154 Å². The minimum atomic E-state index is 0.0547. The molecule has 0 fully saturated rings. The predicted octanol–water partition coefficient (Wildman–Crippen LogP) is 3.24. The molecule has 0 aliphatic heterocycles. The first kappa shape index (κ1) is 16.4. The van der Waals surface area contributed by atoms with Crippen molar-refractivity contribution in [2.45, 2.75) is 11.6 Å². The number of carbonyl (C=O) groups excluding carboxylic acids is 1. The average Bonchev–Trinajstić information content (AvgIpc) is 3.11. The maximum absolute atomic E-state index is 12.3. The largest absolute Gasteiger partial charge is 0.293 e. The lowest BCUT2D eigenvalue weighted by Crippen LogP contribution is -2.03. The van der Waals surface area contributed by atoms with E-state index >= 15 is 0 Å². The van der Waals surface area contributed by atoms with Gasteiger partial charge in [0.05, 0.1) is 12.3 Å². The lowest BCUT2D eigenvalue weighted by molar-refractivity contribution is 0.102. The highest BCUT2D eigenvalue weighted by molar-refractivity contribution is 8.00. The van der Waals surface area contributed by atoms with Crippen molar-refractivity contribution in [3.05, 3.63) is 78.1 Å². The van der Waals surface area contributed by atoms with Gasteiger partial charge < -0.3 is 0 Å². The second-order valence-electron chi connectivity index (χ2n) is 5.66. The van der Waals surface area contributed by atoms with E-state index in [4.69, 9.17) is 0 Å². The van der Waals surface area contributed by atoms with Gasteiger partial charge in [-0.3, -0.25) is 4.79 Å². The van der Waals surface area contributed by atoms with E-state index in [9.17, 15) is 4.79 Å². The second kappa shape index (κ2) is 7.45. The third kappa shape index (κ3) is 3.48. The van der Waals surface area contributed by atoms with Crippen LogP contribution in [-0.2, 0) is 6.54 Å². The molecule has 4 rings (SSSR count). The molecule has 2 heterocycles. The Morgan fingerprint density at radius 1 is 0.962 bits per heavy atom. The third-order valence-corrected chi connectivity index (χ3v) is 4.86. The molecule has 0 radical (unpaired) electrons. The second-order valence-corrected chi connectivity index (χ2v) is 6.63. The molecule has 26 heavy (non-hydrogen) atoms. The first-order valence-electron chi connectivity index (χ1n) is 8.10. The van der Waals surface area contributed by atoms with Gasteiger partial charge in [0.1, 0.15) is 11.4 Å². The minimum Gasteiger partial charge on any atom is -0.293 e. The Hall–Kier alpha value is -3.06. The monoisotopic (exact) mass is 361 g/mol. The van der Waals surface area contributed by atoms with Crippen LogP contribution in [0, 0.1) is 0 Å². The Morgan fingerprint density at radius 3 is 2.46 bits per heavy atom. The number of Topliss-reactive ketones (excluding diaryl/α,β-unsaturated/α-hetero) is 1. The SMILES string of the molecule is O=C(CSc1ncnc2c1nnn2Cc1ccccc1)c1ccccc1. The highest BCUT2D eigenvalue weighted by atomic mass is 32.2. The maximum atomic E-state index is 12.3. The number of rotatable bonds is 6. The van der Waals surface area contributed by atoms with E-state index in [0.29, 0.717) is 34.1 Å². The van der Waals surface area contributed by atoms with Crippen molar-refractivity contribution in [3.8, 4) is 0 Å². The number of ketones is 1. The summed E-state index contributed by atoms with van der Waals surface area (Å²) in [7, 11) is 0. The molecule has 0 amide bonds. The summed E-state index contributed by atoms with van der Waals surface area (Å²) in [6, 6.07) is 19.2. The van der Waals surface area contributed by atoms with Crippen molar-refractivity contribution in [2.24, 2.45) is 0 Å². The average molecular weight is 361 g/mol. The Morgan fingerprint density at radius 2 is 1.69 bits per heavy atom. The van der Waals surface area contributed by atoms with Crippen LogP contribution >= 0.6 is 11.8 Å². The lowest BCUT2D eigenvalue weighted by Gasteiger charge is -2.03. The molecule has 0 aliphatic carbocycles. The number of aromatic nitrogens is 5. The fourth-order valence-corrected chi connectivity index (χ4v) is 3.41. The Bertz CT molecular complexity index is 1030. The van der Waals surface area contributed by atoms with Crippen molar-refractivity contribution in [1.82, 2.24) is 25.0 Å². The molecular formula is C19H15N5OS. The number of hydrogen-bond acceptors (Lipinski definition) is 6. The van der Waals surface area contributed by atoms with Gasteiger partial charge in [0, 0.05) is 5.56 Å². The van der Waals surface area contributed by atoms with Gasteiger partial charge in [0.15, 0.2) is 16.9 Å². The number of benzene rings is 2. The zero-order valence-corrected chi connectivity index (χ0v) is 14.6. The fraction of sp³-hybridized carbons (Fsp3) is 0.105. The maximum Gasteiger partial charge on any atom is 0.183 e. The zero-order valence-electron chi connectivity index (χ0n) is 13.8. The van der Waals surface area contributed by atoms with Gasteiger partial charge in [0.25, 0.3) is 0 Å². The van der Waals surface area contributed by atoms with E-state index < -0.39 is 0 Å². The van der Waals surface area contributed by atoms with Crippen LogP contribution in [0.3, 0.4) is 0 Å². The molecule has 2 aromatic carbocycles. The van der Waals surface area contributed by atoms with Crippen LogP contribution in [0.4, 0.5) is 0 Å². The highest BCUT2D eigenvalue weighted by Crippen LogP contribution is 2.23. The molecule has 0 atom stereocenters. The first-order chi connectivity index (χ1) is 12.8. The van der Waals surface area contributed by atoms with Crippen LogP contribution in [0.5, 0.6) is 0 Å². The molecule has 0 N–H and O–H groups in total. The van der Waals surface area contributed by atoms with E-state index in [0.717, 1.165) is 5.56 Å². The molecule has 4 aromatic rings. The summed E-state index contributed by atoms with van der Waals surface area (Å²) < 4.78 is 1.75.